The van der Waals surface area contributed by atoms with Crippen molar-refractivity contribution >= 4 is 5.91 Å². The lowest BCUT2D eigenvalue weighted by Crippen LogP contribution is -2.44. The number of carbonyl (C=O) groups excluding carboxylic acids is 1. The summed E-state index contributed by atoms with van der Waals surface area (Å²) in [6.07, 6.45) is 4.15. The van der Waals surface area contributed by atoms with E-state index in [0.29, 0.717) is 5.92 Å². The van der Waals surface area contributed by atoms with Crippen LogP contribution in [0.5, 0.6) is 0 Å². The van der Waals surface area contributed by atoms with Gasteiger partial charge in [0.1, 0.15) is 0 Å². The Labute approximate surface area is 157 Å². The molecule has 26 heavy (non-hydrogen) atoms. The molecule has 144 valence electrons. The molecular formula is C21H33N3O2. The lowest BCUT2D eigenvalue weighted by molar-refractivity contribution is -0.0704. The molecule has 0 aliphatic carbocycles. The van der Waals surface area contributed by atoms with E-state index in [0.717, 1.165) is 51.3 Å². The molecule has 0 radical (unpaired) electrons. The predicted molar refractivity (Wildman–Crippen MR) is 104 cm³/mol. The fraction of sp³-hybridized carbons (Fsp3) is 0.667. The molecule has 0 bridgehead atoms. The molecule has 5 heteroatoms. The van der Waals surface area contributed by atoms with Crippen LogP contribution in [0.3, 0.4) is 0 Å². The number of piperidine rings is 1. The zero-order valence-corrected chi connectivity index (χ0v) is 16.2. The highest BCUT2D eigenvalue weighted by atomic mass is 16.5. The quantitative estimate of drug-likeness (QED) is 0.819. The third-order valence-corrected chi connectivity index (χ3v) is 5.35. The summed E-state index contributed by atoms with van der Waals surface area (Å²) in [5, 5.41) is 6.49. The zero-order chi connectivity index (χ0) is 18.4. The van der Waals surface area contributed by atoms with E-state index >= 15 is 0 Å². The van der Waals surface area contributed by atoms with E-state index in [1.54, 1.807) is 0 Å². The molecule has 3 atom stereocenters. The van der Waals surface area contributed by atoms with Gasteiger partial charge in [-0.3, -0.25) is 9.69 Å². The summed E-state index contributed by atoms with van der Waals surface area (Å²) in [5.74, 6) is 0.735. The Morgan fingerprint density at radius 2 is 1.96 bits per heavy atom. The first-order chi connectivity index (χ1) is 12.6. The second-order valence-electron chi connectivity index (χ2n) is 7.91. The van der Waals surface area contributed by atoms with Crippen LogP contribution in [-0.2, 0) is 11.3 Å². The molecular weight excluding hydrogens is 326 g/mol. The van der Waals surface area contributed by atoms with Crippen molar-refractivity contribution in [3.05, 3.63) is 35.4 Å². The number of benzene rings is 1. The smallest absolute Gasteiger partial charge is 0.251 e. The van der Waals surface area contributed by atoms with E-state index in [1.807, 2.05) is 12.1 Å². The largest absolute Gasteiger partial charge is 0.373 e. The van der Waals surface area contributed by atoms with Crippen molar-refractivity contribution in [2.45, 2.75) is 51.9 Å². The lowest BCUT2D eigenvalue weighted by Gasteiger charge is -2.35. The summed E-state index contributed by atoms with van der Waals surface area (Å²) in [7, 11) is 0. The normalized spacial score (nSPS) is 27.2. The maximum atomic E-state index is 12.3. The molecule has 2 N–H and O–H groups in total. The first-order valence-corrected chi connectivity index (χ1v) is 10.1. The standard InChI is InChI=1S/C21H33N3O2/c1-16-13-24(14-17(2)26-16)15-19-5-7-20(8-6-19)21(25)23-11-9-18-4-3-10-22-12-18/h5-8,16-18,22H,3-4,9-15H2,1-2H3,(H,23,25). The number of nitrogens with one attached hydrogen (secondary N) is 2. The van der Waals surface area contributed by atoms with Gasteiger partial charge < -0.3 is 15.4 Å². The van der Waals surface area contributed by atoms with Crippen LogP contribution in [-0.4, -0.2) is 55.7 Å². The molecule has 0 aromatic heterocycles. The summed E-state index contributed by atoms with van der Waals surface area (Å²) in [5.41, 5.74) is 2.00. The van der Waals surface area contributed by atoms with Gasteiger partial charge in [-0.1, -0.05) is 12.1 Å². The number of hydrogen-bond donors (Lipinski definition) is 2. The number of morpholine rings is 1. The van der Waals surface area contributed by atoms with E-state index in [9.17, 15) is 4.79 Å². The van der Waals surface area contributed by atoms with Crippen LogP contribution < -0.4 is 10.6 Å². The highest BCUT2D eigenvalue weighted by molar-refractivity contribution is 5.94. The number of nitrogens with zero attached hydrogens (tertiary/aromatic N) is 1. The van der Waals surface area contributed by atoms with Crippen LogP contribution in [0.2, 0.25) is 0 Å². The summed E-state index contributed by atoms with van der Waals surface area (Å²) >= 11 is 0. The van der Waals surface area contributed by atoms with Crippen LogP contribution in [0.1, 0.15) is 49.0 Å². The molecule has 2 aliphatic rings. The van der Waals surface area contributed by atoms with Gasteiger partial charge in [-0.25, -0.2) is 0 Å². The maximum Gasteiger partial charge on any atom is 0.251 e. The van der Waals surface area contributed by atoms with Gasteiger partial charge in [-0.05, 0) is 69.8 Å². The summed E-state index contributed by atoms with van der Waals surface area (Å²) in [6.45, 7) is 10.1. The zero-order valence-electron chi connectivity index (χ0n) is 16.2. The summed E-state index contributed by atoms with van der Waals surface area (Å²) < 4.78 is 5.79. The van der Waals surface area contributed by atoms with E-state index in [1.165, 1.54) is 18.4 Å². The lowest BCUT2D eigenvalue weighted by atomic mass is 9.96. The molecule has 2 saturated heterocycles. The Balaban J connectivity index is 1.43. The van der Waals surface area contributed by atoms with E-state index in [2.05, 4.69) is 41.5 Å². The van der Waals surface area contributed by atoms with Gasteiger partial charge in [-0.2, -0.15) is 0 Å². The van der Waals surface area contributed by atoms with E-state index in [-0.39, 0.29) is 18.1 Å². The van der Waals surface area contributed by atoms with Gasteiger partial charge >= 0.3 is 0 Å². The Hall–Kier alpha value is -1.43. The Bertz CT molecular complexity index is 559. The molecule has 1 aromatic rings. The van der Waals surface area contributed by atoms with Gasteiger partial charge in [-0.15, -0.1) is 0 Å². The van der Waals surface area contributed by atoms with Crippen molar-refractivity contribution in [2.24, 2.45) is 5.92 Å². The van der Waals surface area contributed by atoms with Gasteiger partial charge in [0.05, 0.1) is 12.2 Å². The summed E-state index contributed by atoms with van der Waals surface area (Å²) in [4.78, 5) is 14.7. The maximum absolute atomic E-state index is 12.3. The van der Waals surface area contributed by atoms with Crippen molar-refractivity contribution in [3.8, 4) is 0 Å². The fourth-order valence-corrected chi connectivity index (χ4v) is 4.10. The Morgan fingerprint density at radius 1 is 1.23 bits per heavy atom. The second-order valence-corrected chi connectivity index (χ2v) is 7.91. The third kappa shape index (κ3) is 5.79. The van der Waals surface area contributed by atoms with Gasteiger partial charge in [0, 0.05) is 31.7 Å². The second kappa shape index (κ2) is 9.49. The minimum atomic E-state index is 0.0361. The molecule has 3 rings (SSSR count). The van der Waals surface area contributed by atoms with Crippen molar-refractivity contribution in [3.63, 3.8) is 0 Å². The van der Waals surface area contributed by atoms with Gasteiger partial charge in [0.2, 0.25) is 0 Å². The van der Waals surface area contributed by atoms with Crippen LogP contribution in [0.4, 0.5) is 0 Å². The van der Waals surface area contributed by atoms with Gasteiger partial charge in [0.25, 0.3) is 5.91 Å². The monoisotopic (exact) mass is 359 g/mol. The molecule has 0 spiro atoms. The number of carbonyl (C=O) groups is 1. The third-order valence-electron chi connectivity index (χ3n) is 5.35. The van der Waals surface area contributed by atoms with Crippen LogP contribution in [0.25, 0.3) is 0 Å². The number of rotatable bonds is 6. The molecule has 3 unspecified atom stereocenters. The Kier molecular flexibility index (Phi) is 7.06. The molecule has 5 nitrogen and oxygen atoms in total. The molecule has 1 aromatic carbocycles. The first-order valence-electron chi connectivity index (χ1n) is 10.1. The van der Waals surface area contributed by atoms with Gasteiger partial charge in [0.15, 0.2) is 0 Å². The fourth-order valence-electron chi connectivity index (χ4n) is 4.10. The highest BCUT2D eigenvalue weighted by Gasteiger charge is 2.22. The molecule has 2 heterocycles. The van der Waals surface area contributed by atoms with E-state index < -0.39 is 0 Å². The SMILES string of the molecule is CC1CN(Cc2ccc(C(=O)NCCC3CCCNC3)cc2)CC(C)O1. The molecule has 2 fully saturated rings. The van der Waals surface area contributed by atoms with Crippen molar-refractivity contribution in [1.82, 2.24) is 15.5 Å². The number of amides is 1. The Morgan fingerprint density at radius 3 is 2.62 bits per heavy atom. The van der Waals surface area contributed by atoms with Crippen LogP contribution >= 0.6 is 0 Å². The number of hydrogen-bond acceptors (Lipinski definition) is 4. The first kappa shape index (κ1) is 19.3. The van der Waals surface area contributed by atoms with Crippen LogP contribution in [0, 0.1) is 5.92 Å². The number of ether oxygens (including phenoxy) is 1. The van der Waals surface area contributed by atoms with Crippen LogP contribution in [0.15, 0.2) is 24.3 Å². The molecule has 2 aliphatic heterocycles. The molecule has 1 amide bonds. The average Bonchev–Trinajstić information content (AvgIpc) is 2.62. The molecule has 0 saturated carbocycles. The summed E-state index contributed by atoms with van der Waals surface area (Å²) in [6, 6.07) is 8.04. The topological polar surface area (TPSA) is 53.6 Å². The minimum absolute atomic E-state index is 0.0361. The van der Waals surface area contributed by atoms with Crippen molar-refractivity contribution in [2.75, 3.05) is 32.7 Å². The van der Waals surface area contributed by atoms with Crippen molar-refractivity contribution < 1.29 is 9.53 Å². The average molecular weight is 360 g/mol. The van der Waals surface area contributed by atoms with Crippen molar-refractivity contribution in [1.29, 1.82) is 0 Å². The highest BCUT2D eigenvalue weighted by Crippen LogP contribution is 2.15. The predicted octanol–water partition coefficient (Wildman–Crippen LogP) is 2.42. The minimum Gasteiger partial charge on any atom is -0.373 e. The van der Waals surface area contributed by atoms with E-state index in [4.69, 9.17) is 4.74 Å².